The van der Waals surface area contributed by atoms with E-state index in [0.717, 1.165) is 25.7 Å². The highest BCUT2D eigenvalue weighted by Crippen LogP contribution is 2.34. The minimum Gasteiger partial charge on any atom is -0.454 e. The SMILES string of the molecule is O=C(CS(=O)CC(=O)N(CC(=O)NC1CCCC1)c1ccccc1)Nc1ccc2c(c1)OCO2. The van der Waals surface area contributed by atoms with Crippen LogP contribution in [0.1, 0.15) is 25.7 Å². The van der Waals surface area contributed by atoms with Gasteiger partial charge in [0.15, 0.2) is 11.5 Å². The van der Waals surface area contributed by atoms with Gasteiger partial charge < -0.3 is 25.0 Å². The predicted molar refractivity (Wildman–Crippen MR) is 128 cm³/mol. The van der Waals surface area contributed by atoms with Gasteiger partial charge >= 0.3 is 0 Å². The predicted octanol–water partition coefficient (Wildman–Crippen LogP) is 2.19. The highest BCUT2D eigenvalue weighted by atomic mass is 32.2. The first kappa shape index (κ1) is 23.7. The summed E-state index contributed by atoms with van der Waals surface area (Å²) in [5, 5.41) is 5.63. The lowest BCUT2D eigenvalue weighted by Crippen LogP contribution is -2.45. The maximum absolute atomic E-state index is 13.0. The zero-order valence-corrected chi connectivity index (χ0v) is 19.5. The van der Waals surface area contributed by atoms with Gasteiger partial charge in [-0.3, -0.25) is 18.6 Å². The molecule has 0 saturated heterocycles. The molecule has 1 aliphatic heterocycles. The lowest BCUT2D eigenvalue weighted by atomic mass is 10.2. The number of anilines is 2. The number of hydrogen-bond donors (Lipinski definition) is 2. The van der Waals surface area contributed by atoms with Gasteiger partial charge in [-0.2, -0.15) is 0 Å². The number of ether oxygens (including phenoxy) is 2. The summed E-state index contributed by atoms with van der Waals surface area (Å²) in [6.45, 7) is -0.0462. The Kier molecular flexibility index (Phi) is 7.79. The largest absolute Gasteiger partial charge is 0.454 e. The minimum absolute atomic E-state index is 0.120. The number of benzene rings is 2. The van der Waals surface area contributed by atoms with Crippen LogP contribution in [-0.4, -0.2) is 52.8 Å². The van der Waals surface area contributed by atoms with Gasteiger partial charge in [-0.25, -0.2) is 0 Å². The fourth-order valence-electron chi connectivity index (χ4n) is 4.00. The molecule has 3 amide bonds. The molecule has 4 rings (SSSR count). The van der Waals surface area contributed by atoms with Crippen molar-refractivity contribution in [1.29, 1.82) is 0 Å². The van der Waals surface area contributed by atoms with Crippen molar-refractivity contribution in [2.45, 2.75) is 31.7 Å². The third kappa shape index (κ3) is 6.34. The maximum Gasteiger partial charge on any atom is 0.240 e. The van der Waals surface area contributed by atoms with Crippen LogP contribution >= 0.6 is 0 Å². The molecule has 180 valence electrons. The Labute approximate surface area is 200 Å². The Morgan fingerprint density at radius 3 is 2.44 bits per heavy atom. The molecule has 2 N–H and O–H groups in total. The van der Waals surface area contributed by atoms with Crippen molar-refractivity contribution in [2.24, 2.45) is 0 Å². The molecule has 34 heavy (non-hydrogen) atoms. The standard InChI is InChI=1S/C24H27N3O6S/c28-22(25-17-6-4-5-7-17)13-27(19-8-2-1-3-9-19)24(30)15-34(31)14-23(29)26-18-10-11-20-21(12-18)33-16-32-20/h1-3,8-12,17H,4-7,13-16H2,(H,25,28)(H,26,29). The van der Waals surface area contributed by atoms with E-state index >= 15 is 0 Å². The highest BCUT2D eigenvalue weighted by Gasteiger charge is 2.24. The first-order chi connectivity index (χ1) is 16.5. The van der Waals surface area contributed by atoms with Crippen molar-refractivity contribution < 1.29 is 28.1 Å². The number of fused-ring (bicyclic) bond motifs is 1. The molecule has 1 saturated carbocycles. The average Bonchev–Trinajstić information content (AvgIpc) is 3.49. The van der Waals surface area contributed by atoms with Gasteiger partial charge in [-0.1, -0.05) is 31.0 Å². The van der Waals surface area contributed by atoms with Crippen LogP contribution in [0.5, 0.6) is 11.5 Å². The molecule has 1 unspecified atom stereocenters. The molecular formula is C24H27N3O6S. The molecule has 1 heterocycles. The van der Waals surface area contributed by atoms with Crippen LogP contribution in [0.25, 0.3) is 0 Å². The van der Waals surface area contributed by atoms with Crippen LogP contribution in [0.3, 0.4) is 0 Å². The summed E-state index contributed by atoms with van der Waals surface area (Å²) in [5.41, 5.74) is 1.02. The van der Waals surface area contributed by atoms with E-state index in [0.29, 0.717) is 22.9 Å². The van der Waals surface area contributed by atoms with E-state index in [1.54, 1.807) is 42.5 Å². The summed E-state index contributed by atoms with van der Waals surface area (Å²) in [7, 11) is -1.76. The number of nitrogens with zero attached hydrogens (tertiary/aromatic N) is 1. The normalized spacial score (nSPS) is 15.5. The van der Waals surface area contributed by atoms with Gasteiger partial charge in [0.25, 0.3) is 0 Å². The summed E-state index contributed by atoms with van der Waals surface area (Å²) < 4.78 is 23.1. The number of rotatable bonds is 9. The molecule has 1 fully saturated rings. The van der Waals surface area contributed by atoms with Crippen molar-refractivity contribution >= 4 is 39.9 Å². The van der Waals surface area contributed by atoms with Crippen LogP contribution in [0, 0.1) is 0 Å². The molecule has 0 aromatic heterocycles. The van der Waals surface area contributed by atoms with Gasteiger partial charge in [0, 0.05) is 34.3 Å². The van der Waals surface area contributed by atoms with Crippen LogP contribution in [0.4, 0.5) is 11.4 Å². The summed E-state index contributed by atoms with van der Waals surface area (Å²) in [4.78, 5) is 39.2. The molecule has 2 aliphatic rings. The monoisotopic (exact) mass is 485 g/mol. The molecule has 0 spiro atoms. The number of carbonyl (C=O) groups excluding carboxylic acids is 3. The second kappa shape index (κ2) is 11.1. The van der Waals surface area contributed by atoms with E-state index in [4.69, 9.17) is 9.47 Å². The third-order valence-corrected chi connectivity index (χ3v) is 6.78. The third-order valence-electron chi connectivity index (χ3n) is 5.62. The molecule has 2 aromatic rings. The Hall–Kier alpha value is -3.40. The van der Waals surface area contributed by atoms with E-state index in [9.17, 15) is 18.6 Å². The lowest BCUT2D eigenvalue weighted by molar-refractivity contribution is -0.123. The Morgan fingerprint density at radius 1 is 0.941 bits per heavy atom. The van der Waals surface area contributed by atoms with Gasteiger partial charge in [-0.15, -0.1) is 0 Å². The van der Waals surface area contributed by atoms with E-state index < -0.39 is 22.6 Å². The quantitative estimate of drug-likeness (QED) is 0.563. The first-order valence-corrected chi connectivity index (χ1v) is 12.7. The fraction of sp³-hybridized carbons (Fsp3) is 0.375. The molecule has 1 atom stereocenters. The first-order valence-electron chi connectivity index (χ1n) is 11.2. The van der Waals surface area contributed by atoms with Crippen LogP contribution < -0.4 is 25.0 Å². The number of hydrogen-bond acceptors (Lipinski definition) is 6. The molecule has 0 radical (unpaired) electrons. The second-order valence-corrected chi connectivity index (χ2v) is 9.67. The van der Waals surface area contributed by atoms with Crippen molar-refractivity contribution in [3.63, 3.8) is 0 Å². The number of nitrogens with one attached hydrogen (secondary N) is 2. The molecule has 2 aromatic carbocycles. The fourth-order valence-corrected chi connectivity index (χ4v) is 4.90. The molecular weight excluding hydrogens is 458 g/mol. The minimum atomic E-state index is -1.76. The van der Waals surface area contributed by atoms with E-state index in [2.05, 4.69) is 10.6 Å². The van der Waals surface area contributed by atoms with Gasteiger partial charge in [0.2, 0.25) is 24.5 Å². The van der Waals surface area contributed by atoms with Crippen LogP contribution in [0.15, 0.2) is 48.5 Å². The number of carbonyl (C=O) groups is 3. The van der Waals surface area contributed by atoms with E-state index in [1.807, 2.05) is 6.07 Å². The van der Waals surface area contributed by atoms with Crippen molar-refractivity contribution in [1.82, 2.24) is 5.32 Å². The van der Waals surface area contributed by atoms with Crippen molar-refractivity contribution in [2.75, 3.05) is 35.1 Å². The second-order valence-electron chi connectivity index (χ2n) is 8.21. The van der Waals surface area contributed by atoms with Crippen molar-refractivity contribution in [3.05, 3.63) is 48.5 Å². The summed E-state index contributed by atoms with van der Waals surface area (Å²) in [6.07, 6.45) is 4.04. The molecule has 1 aliphatic carbocycles. The Bertz CT molecular complexity index is 1070. The Morgan fingerprint density at radius 2 is 1.68 bits per heavy atom. The lowest BCUT2D eigenvalue weighted by Gasteiger charge is -2.23. The molecule has 9 nitrogen and oxygen atoms in total. The summed E-state index contributed by atoms with van der Waals surface area (Å²) in [6, 6.07) is 13.9. The molecule has 0 bridgehead atoms. The topological polar surface area (TPSA) is 114 Å². The molecule has 10 heteroatoms. The smallest absolute Gasteiger partial charge is 0.240 e. The Balaban J connectivity index is 1.33. The van der Waals surface area contributed by atoms with E-state index in [1.165, 1.54) is 4.90 Å². The van der Waals surface area contributed by atoms with Gasteiger partial charge in [-0.05, 0) is 37.1 Å². The zero-order chi connectivity index (χ0) is 23.9. The summed E-state index contributed by atoms with van der Waals surface area (Å²) in [5.74, 6) is -0.849. The number of para-hydroxylation sites is 1. The van der Waals surface area contributed by atoms with Gasteiger partial charge in [0.05, 0.1) is 0 Å². The van der Waals surface area contributed by atoms with E-state index in [-0.39, 0.29) is 36.8 Å². The highest BCUT2D eigenvalue weighted by molar-refractivity contribution is 7.86. The average molecular weight is 486 g/mol. The maximum atomic E-state index is 13.0. The van der Waals surface area contributed by atoms with Crippen molar-refractivity contribution in [3.8, 4) is 11.5 Å². The van der Waals surface area contributed by atoms with Crippen LogP contribution in [-0.2, 0) is 25.2 Å². The summed E-state index contributed by atoms with van der Waals surface area (Å²) >= 11 is 0. The van der Waals surface area contributed by atoms with Gasteiger partial charge in [0.1, 0.15) is 18.1 Å². The van der Waals surface area contributed by atoms with Crippen LogP contribution in [0.2, 0.25) is 0 Å². The zero-order valence-electron chi connectivity index (χ0n) is 18.7. The number of amides is 3.